The number of ether oxygens (including phenoxy) is 2. The zero-order chi connectivity index (χ0) is 34.7. The SMILES string of the molecule is COc1ccc([C@H](O)CNC[C@H]2CCc3cc(-c4ccc(C(=O)O)cc4)ccc3O2)cn1.O=C(O)C(F)(F)F.O=C(O)C(F)(F)F. The molecule has 1 aliphatic rings. The van der Waals surface area contributed by atoms with Crippen LogP contribution in [-0.4, -0.2) is 82.0 Å². The van der Waals surface area contributed by atoms with Gasteiger partial charge in [0.05, 0.1) is 18.8 Å². The highest BCUT2D eigenvalue weighted by atomic mass is 19.4. The Morgan fingerprint density at radius 2 is 1.50 bits per heavy atom. The third-order valence-electron chi connectivity index (χ3n) is 6.10. The standard InChI is InChI=1S/C25H26N2O5.2C2HF3O2/c1-31-24-11-8-20(13-27-24)22(28)15-26-14-21-9-6-19-12-18(7-10-23(19)32-21)16-2-4-17(5-3-16)25(29)30;2*3-2(4,5)1(6)7/h2-5,7-8,10-13,21-22,26,28H,6,9,14-15H2,1H3,(H,29,30);2*(H,6,7)/t21-,22-;;/m1../s1. The fraction of sp³-hybridized carbons (Fsp3) is 0.310. The van der Waals surface area contributed by atoms with Crippen molar-refractivity contribution >= 4 is 17.9 Å². The van der Waals surface area contributed by atoms with E-state index in [0.717, 1.165) is 40.8 Å². The first-order chi connectivity index (χ1) is 21.4. The number of benzene rings is 2. The number of carboxylic acid groups (broad SMARTS) is 3. The molecule has 2 aromatic carbocycles. The molecule has 1 aromatic heterocycles. The number of aliphatic carboxylic acids is 2. The van der Waals surface area contributed by atoms with Gasteiger partial charge in [0.25, 0.3) is 0 Å². The van der Waals surface area contributed by atoms with Gasteiger partial charge in [0.1, 0.15) is 11.9 Å². The first-order valence-electron chi connectivity index (χ1n) is 13.0. The zero-order valence-corrected chi connectivity index (χ0v) is 23.8. The summed E-state index contributed by atoms with van der Waals surface area (Å²) in [6.45, 7) is 1.05. The van der Waals surface area contributed by atoms with Crippen LogP contribution in [0.1, 0.15) is 34.0 Å². The fourth-order valence-electron chi connectivity index (χ4n) is 3.78. The Labute approximate surface area is 257 Å². The number of nitrogens with zero attached hydrogens (tertiary/aromatic N) is 1. The summed E-state index contributed by atoms with van der Waals surface area (Å²) in [5.41, 5.74) is 4.17. The van der Waals surface area contributed by atoms with Crippen LogP contribution in [0.3, 0.4) is 0 Å². The lowest BCUT2D eigenvalue weighted by Crippen LogP contribution is -2.36. The minimum absolute atomic E-state index is 0.0318. The van der Waals surface area contributed by atoms with Gasteiger partial charge < -0.3 is 35.2 Å². The lowest BCUT2D eigenvalue weighted by Gasteiger charge is -2.27. The number of hydrogen-bond acceptors (Lipinski definition) is 8. The van der Waals surface area contributed by atoms with Crippen molar-refractivity contribution in [3.8, 4) is 22.8 Å². The maximum absolute atomic E-state index is 11.0. The highest BCUT2D eigenvalue weighted by Crippen LogP contribution is 2.32. The van der Waals surface area contributed by atoms with Crippen LogP contribution in [0.25, 0.3) is 11.1 Å². The number of methoxy groups -OCH3 is 1. The average molecular weight is 663 g/mol. The van der Waals surface area contributed by atoms with E-state index in [4.69, 9.17) is 34.4 Å². The number of hydrogen-bond donors (Lipinski definition) is 5. The Bertz CT molecular complexity index is 1440. The molecular weight excluding hydrogens is 634 g/mol. The molecule has 5 N–H and O–H groups in total. The molecule has 0 amide bonds. The van der Waals surface area contributed by atoms with Crippen molar-refractivity contribution in [2.45, 2.75) is 37.4 Å². The summed E-state index contributed by atoms with van der Waals surface area (Å²) in [7, 11) is 1.56. The smallest absolute Gasteiger partial charge is 0.489 e. The Hall–Kier alpha value is -4.90. The fourth-order valence-corrected chi connectivity index (χ4v) is 3.78. The number of rotatable bonds is 8. The summed E-state index contributed by atoms with van der Waals surface area (Å²) < 4.78 is 74.7. The Kier molecular flexibility index (Phi) is 13.3. The molecule has 1 aliphatic heterocycles. The van der Waals surface area contributed by atoms with Gasteiger partial charge in [-0.15, -0.1) is 0 Å². The van der Waals surface area contributed by atoms with Gasteiger partial charge in [-0.25, -0.2) is 19.4 Å². The quantitative estimate of drug-likeness (QED) is 0.211. The number of nitrogens with one attached hydrogen (secondary N) is 1. The maximum atomic E-state index is 11.0. The minimum Gasteiger partial charge on any atom is -0.489 e. The van der Waals surface area contributed by atoms with E-state index in [1.165, 1.54) is 0 Å². The van der Waals surface area contributed by atoms with E-state index in [-0.39, 0.29) is 11.7 Å². The molecular formula is C29H28F6N2O9. The zero-order valence-electron chi connectivity index (χ0n) is 23.8. The van der Waals surface area contributed by atoms with E-state index in [2.05, 4.69) is 16.4 Å². The molecule has 2 atom stereocenters. The van der Waals surface area contributed by atoms with Crippen molar-refractivity contribution in [1.29, 1.82) is 0 Å². The molecule has 4 rings (SSSR count). The van der Waals surface area contributed by atoms with Crippen molar-refractivity contribution < 1.29 is 70.6 Å². The highest BCUT2D eigenvalue weighted by molar-refractivity contribution is 5.88. The predicted octanol–water partition coefficient (Wildman–Crippen LogP) is 4.74. The van der Waals surface area contributed by atoms with Gasteiger partial charge in [-0.1, -0.05) is 18.2 Å². The largest absolute Gasteiger partial charge is 0.490 e. The van der Waals surface area contributed by atoms with Crippen molar-refractivity contribution in [2.24, 2.45) is 0 Å². The van der Waals surface area contributed by atoms with Crippen molar-refractivity contribution in [1.82, 2.24) is 10.3 Å². The van der Waals surface area contributed by atoms with Gasteiger partial charge in [-0.05, 0) is 59.9 Å². The van der Waals surface area contributed by atoms with E-state index in [0.29, 0.717) is 19.0 Å². The molecule has 0 saturated heterocycles. The van der Waals surface area contributed by atoms with Crippen LogP contribution in [-0.2, 0) is 16.0 Å². The van der Waals surface area contributed by atoms with Crippen LogP contribution in [0.5, 0.6) is 11.6 Å². The number of carbonyl (C=O) groups is 3. The first-order valence-corrected chi connectivity index (χ1v) is 13.0. The van der Waals surface area contributed by atoms with Crippen LogP contribution < -0.4 is 14.8 Å². The van der Waals surface area contributed by atoms with Gasteiger partial charge in [0, 0.05) is 30.9 Å². The van der Waals surface area contributed by atoms with Crippen molar-refractivity contribution in [3.63, 3.8) is 0 Å². The monoisotopic (exact) mass is 662 g/mol. The molecule has 250 valence electrons. The third kappa shape index (κ3) is 11.9. The van der Waals surface area contributed by atoms with Gasteiger partial charge >= 0.3 is 30.3 Å². The normalized spacial score (nSPS) is 14.6. The van der Waals surface area contributed by atoms with E-state index in [1.54, 1.807) is 37.6 Å². The summed E-state index contributed by atoms with van der Waals surface area (Å²) in [6, 6.07) is 16.5. The lowest BCUT2D eigenvalue weighted by molar-refractivity contribution is -0.193. The molecule has 0 radical (unpaired) electrons. The molecule has 3 aromatic rings. The number of fused-ring (bicyclic) bond motifs is 1. The average Bonchev–Trinajstić information content (AvgIpc) is 3.00. The van der Waals surface area contributed by atoms with E-state index < -0.39 is 36.4 Å². The first kappa shape index (κ1) is 37.3. The topological polar surface area (TPSA) is 176 Å². The van der Waals surface area contributed by atoms with Crippen LogP contribution in [0.4, 0.5) is 26.3 Å². The number of aliphatic hydroxyl groups is 1. The number of carboxylic acids is 3. The third-order valence-corrected chi connectivity index (χ3v) is 6.10. The lowest BCUT2D eigenvalue weighted by atomic mass is 9.96. The number of halogens is 6. The van der Waals surface area contributed by atoms with Crippen molar-refractivity contribution in [3.05, 3.63) is 77.5 Å². The number of pyridine rings is 1. The second-order valence-electron chi connectivity index (χ2n) is 9.40. The summed E-state index contributed by atoms with van der Waals surface area (Å²) in [4.78, 5) is 32.9. The summed E-state index contributed by atoms with van der Waals surface area (Å²) in [5, 5.41) is 36.9. The minimum atomic E-state index is -5.08. The Balaban J connectivity index is 0.000000440. The van der Waals surface area contributed by atoms with Gasteiger partial charge in [0.2, 0.25) is 5.88 Å². The Morgan fingerprint density at radius 3 is 1.98 bits per heavy atom. The molecule has 46 heavy (non-hydrogen) atoms. The molecule has 0 aliphatic carbocycles. The maximum Gasteiger partial charge on any atom is 0.490 e. The van der Waals surface area contributed by atoms with Crippen LogP contribution in [0, 0.1) is 0 Å². The molecule has 0 fully saturated rings. The second kappa shape index (κ2) is 16.4. The molecule has 0 spiro atoms. The van der Waals surface area contributed by atoms with Gasteiger partial charge in [0.15, 0.2) is 0 Å². The van der Waals surface area contributed by atoms with Crippen LogP contribution in [0.15, 0.2) is 60.8 Å². The van der Waals surface area contributed by atoms with E-state index in [9.17, 15) is 36.2 Å². The molecule has 17 heteroatoms. The number of aromatic carboxylic acids is 1. The van der Waals surface area contributed by atoms with Gasteiger partial charge in [-0.3, -0.25) is 0 Å². The molecule has 0 bridgehead atoms. The van der Waals surface area contributed by atoms with Crippen molar-refractivity contribution in [2.75, 3.05) is 20.2 Å². The van der Waals surface area contributed by atoms with E-state index in [1.807, 2.05) is 24.3 Å². The molecule has 0 unspecified atom stereocenters. The summed E-state index contributed by atoms with van der Waals surface area (Å²) >= 11 is 0. The van der Waals surface area contributed by atoms with Gasteiger partial charge in [-0.2, -0.15) is 26.3 Å². The number of aryl methyl sites for hydroxylation is 1. The van der Waals surface area contributed by atoms with Crippen LogP contribution in [0.2, 0.25) is 0 Å². The number of aliphatic hydroxyl groups excluding tert-OH is 1. The number of aromatic nitrogens is 1. The second-order valence-corrected chi connectivity index (χ2v) is 9.40. The molecule has 0 saturated carbocycles. The highest BCUT2D eigenvalue weighted by Gasteiger charge is 2.38. The van der Waals surface area contributed by atoms with Crippen LogP contribution >= 0.6 is 0 Å². The number of alkyl halides is 6. The predicted molar refractivity (Wildman–Crippen MR) is 148 cm³/mol. The summed E-state index contributed by atoms with van der Waals surface area (Å²) in [5.74, 6) is -5.05. The molecule has 2 heterocycles. The summed E-state index contributed by atoms with van der Waals surface area (Å²) in [6.07, 6.45) is -7.40. The van der Waals surface area contributed by atoms with E-state index >= 15 is 0 Å². The Morgan fingerprint density at radius 1 is 0.935 bits per heavy atom. The molecule has 11 nitrogen and oxygen atoms in total.